The summed E-state index contributed by atoms with van der Waals surface area (Å²) in [7, 11) is 0. The van der Waals surface area contributed by atoms with Crippen LogP contribution in [0.4, 0.5) is 5.69 Å². The fourth-order valence-electron chi connectivity index (χ4n) is 6.47. The number of benzene rings is 4. The average molecular weight is 688 g/mol. The van der Waals surface area contributed by atoms with E-state index >= 15 is 0 Å². The number of rotatable bonds is 15. The lowest BCUT2D eigenvalue weighted by atomic mass is 9.88. The van der Waals surface area contributed by atoms with Crippen LogP contribution in [0.25, 0.3) is 11.1 Å². The Hall–Kier alpha value is -5.74. The van der Waals surface area contributed by atoms with Crippen molar-refractivity contribution >= 4 is 40.5 Å². The number of anilines is 1. The Labute approximate surface area is 297 Å². The normalized spacial score (nSPS) is 16.1. The molecule has 1 atom stereocenters. The summed E-state index contributed by atoms with van der Waals surface area (Å²) >= 11 is 0. The molecule has 4 aromatic carbocycles. The number of carbonyl (C=O) groups is 4. The minimum atomic E-state index is -0.984. The molecule has 0 bridgehead atoms. The molecule has 0 aromatic heterocycles. The summed E-state index contributed by atoms with van der Waals surface area (Å²) in [5.41, 5.74) is 6.79. The highest BCUT2D eigenvalue weighted by Gasteiger charge is 2.44. The summed E-state index contributed by atoms with van der Waals surface area (Å²) in [6, 6.07) is 29.7. The van der Waals surface area contributed by atoms with E-state index in [0.717, 1.165) is 52.2 Å². The molecule has 1 fully saturated rings. The van der Waals surface area contributed by atoms with Gasteiger partial charge in [-0.1, -0.05) is 61.5 Å². The van der Waals surface area contributed by atoms with E-state index in [2.05, 4.69) is 41.8 Å². The molecule has 2 aliphatic heterocycles. The summed E-state index contributed by atoms with van der Waals surface area (Å²) in [5.74, 6) is -1.07. The van der Waals surface area contributed by atoms with Crippen LogP contribution in [0.15, 0.2) is 97.1 Å². The van der Waals surface area contributed by atoms with Crippen molar-refractivity contribution in [2.45, 2.75) is 45.1 Å². The average Bonchev–Trinajstić information content (AvgIpc) is 3.39. The second-order valence-corrected chi connectivity index (χ2v) is 12.4. The van der Waals surface area contributed by atoms with Crippen LogP contribution in [0.2, 0.25) is 0 Å². The third kappa shape index (κ3) is 8.19. The molecular formula is C41H41N3O7. The Bertz CT molecular complexity index is 1920. The predicted octanol–water partition coefficient (Wildman–Crippen LogP) is 6.45. The number of amides is 4. The number of aromatic hydroxyl groups is 1. The van der Waals surface area contributed by atoms with Crippen molar-refractivity contribution in [3.05, 3.63) is 125 Å². The van der Waals surface area contributed by atoms with Crippen molar-refractivity contribution in [3.8, 4) is 11.5 Å². The van der Waals surface area contributed by atoms with E-state index in [0.29, 0.717) is 32.1 Å². The molecule has 1 saturated heterocycles. The highest BCUT2D eigenvalue weighted by atomic mass is 16.5. The molecule has 0 saturated carbocycles. The number of hydrogen-bond acceptors (Lipinski definition) is 8. The molecule has 10 heteroatoms. The first-order valence-corrected chi connectivity index (χ1v) is 17.3. The summed E-state index contributed by atoms with van der Waals surface area (Å²) in [4.78, 5) is 50.7. The van der Waals surface area contributed by atoms with Gasteiger partial charge in [0.2, 0.25) is 11.8 Å². The van der Waals surface area contributed by atoms with Gasteiger partial charge in [-0.05, 0) is 89.6 Å². The Kier molecular flexibility index (Phi) is 11.2. The van der Waals surface area contributed by atoms with Gasteiger partial charge < -0.3 is 19.9 Å². The summed E-state index contributed by atoms with van der Waals surface area (Å²) in [5, 5.41) is 15.4. The first-order valence-electron chi connectivity index (χ1n) is 17.3. The Morgan fingerprint density at radius 1 is 0.804 bits per heavy atom. The lowest BCUT2D eigenvalue weighted by Gasteiger charge is -2.27. The summed E-state index contributed by atoms with van der Waals surface area (Å²) < 4.78 is 11.8. The molecule has 1 unspecified atom stereocenters. The van der Waals surface area contributed by atoms with E-state index in [1.165, 1.54) is 5.57 Å². The molecule has 4 amide bonds. The van der Waals surface area contributed by atoms with Gasteiger partial charge >= 0.3 is 0 Å². The number of fused-ring (bicyclic) bond motifs is 1. The molecule has 10 nitrogen and oxygen atoms in total. The zero-order valence-corrected chi connectivity index (χ0v) is 28.5. The molecule has 0 spiro atoms. The standard InChI is InChI=1S/C41H41N3O7/c1-2-33(27-8-4-3-5-9-27)38(28-10-15-31(45)16-11-28)29-12-17-32(18-13-29)51-25-7-24-50-23-6-22-42-30-14-19-34-35(26-30)41(49)44(40(34)48)36-20-21-37(46)43-39(36)47/h3-5,8-19,26,36,42,45H,2,6-7,20-25H2,1H3,(H,43,46,47)/b38-33-. The van der Waals surface area contributed by atoms with Crippen LogP contribution in [0.1, 0.15) is 76.4 Å². The largest absolute Gasteiger partial charge is 0.508 e. The topological polar surface area (TPSA) is 134 Å². The van der Waals surface area contributed by atoms with Crippen molar-refractivity contribution < 1.29 is 33.8 Å². The SMILES string of the molecule is CC/C(=C(\c1ccc(O)cc1)c1ccc(OCCCOCCCNc2ccc3c(c2)C(=O)N(C2CCC(=O)NC2=O)C3=O)cc1)c1ccccc1. The highest BCUT2D eigenvalue weighted by Crippen LogP contribution is 2.36. The Morgan fingerprint density at radius 3 is 2.20 bits per heavy atom. The van der Waals surface area contributed by atoms with Gasteiger partial charge in [-0.15, -0.1) is 0 Å². The van der Waals surface area contributed by atoms with E-state index in [9.17, 15) is 24.3 Å². The maximum absolute atomic E-state index is 13.0. The monoisotopic (exact) mass is 687 g/mol. The van der Waals surface area contributed by atoms with Crippen molar-refractivity contribution in [2.75, 3.05) is 31.7 Å². The number of piperidine rings is 1. The van der Waals surface area contributed by atoms with Gasteiger partial charge in [0.1, 0.15) is 17.5 Å². The van der Waals surface area contributed by atoms with Gasteiger partial charge in [0.05, 0.1) is 17.7 Å². The third-order valence-electron chi connectivity index (χ3n) is 9.01. The molecule has 6 rings (SSSR count). The van der Waals surface area contributed by atoms with Gasteiger partial charge in [0.15, 0.2) is 0 Å². The number of nitrogens with one attached hydrogen (secondary N) is 2. The van der Waals surface area contributed by atoms with Crippen molar-refractivity contribution in [1.29, 1.82) is 0 Å². The van der Waals surface area contributed by atoms with Crippen LogP contribution < -0.4 is 15.4 Å². The van der Waals surface area contributed by atoms with Gasteiger partial charge in [0, 0.05) is 38.3 Å². The molecule has 2 heterocycles. The quantitative estimate of drug-likeness (QED) is 0.0738. The van der Waals surface area contributed by atoms with Crippen molar-refractivity contribution in [2.24, 2.45) is 0 Å². The predicted molar refractivity (Wildman–Crippen MR) is 194 cm³/mol. The van der Waals surface area contributed by atoms with E-state index in [1.807, 2.05) is 42.5 Å². The molecule has 4 aromatic rings. The minimum Gasteiger partial charge on any atom is -0.508 e. The number of hydrogen-bond donors (Lipinski definition) is 3. The lowest BCUT2D eigenvalue weighted by molar-refractivity contribution is -0.136. The zero-order chi connectivity index (χ0) is 35.7. The second-order valence-electron chi connectivity index (χ2n) is 12.4. The summed E-state index contributed by atoms with van der Waals surface area (Å²) in [6.07, 6.45) is 2.51. The van der Waals surface area contributed by atoms with Gasteiger partial charge in [-0.25, -0.2) is 0 Å². The smallest absolute Gasteiger partial charge is 0.262 e. The highest BCUT2D eigenvalue weighted by molar-refractivity contribution is 6.23. The lowest BCUT2D eigenvalue weighted by Crippen LogP contribution is -2.54. The van der Waals surface area contributed by atoms with E-state index in [-0.39, 0.29) is 29.7 Å². The van der Waals surface area contributed by atoms with Gasteiger partial charge in [-0.2, -0.15) is 0 Å². The molecule has 0 aliphatic carbocycles. The first-order chi connectivity index (χ1) is 24.8. The maximum Gasteiger partial charge on any atom is 0.262 e. The number of phenols is 1. The molecular weight excluding hydrogens is 646 g/mol. The van der Waals surface area contributed by atoms with Crippen LogP contribution in [-0.2, 0) is 14.3 Å². The Balaban J connectivity index is 0.935. The fourth-order valence-corrected chi connectivity index (χ4v) is 6.47. The zero-order valence-electron chi connectivity index (χ0n) is 28.5. The minimum absolute atomic E-state index is 0.0811. The van der Waals surface area contributed by atoms with Crippen molar-refractivity contribution in [3.63, 3.8) is 0 Å². The van der Waals surface area contributed by atoms with Crippen LogP contribution in [0.5, 0.6) is 11.5 Å². The number of carbonyl (C=O) groups excluding carboxylic acids is 4. The molecule has 0 radical (unpaired) electrons. The summed E-state index contributed by atoms with van der Waals surface area (Å²) in [6.45, 7) is 4.36. The molecule has 262 valence electrons. The van der Waals surface area contributed by atoms with E-state index in [1.54, 1.807) is 30.3 Å². The number of allylic oxidation sites excluding steroid dienone is 1. The number of nitrogens with zero attached hydrogens (tertiary/aromatic N) is 1. The van der Waals surface area contributed by atoms with Gasteiger partial charge in [-0.3, -0.25) is 29.4 Å². The second kappa shape index (κ2) is 16.3. The van der Waals surface area contributed by atoms with Crippen LogP contribution in [-0.4, -0.2) is 66.0 Å². The van der Waals surface area contributed by atoms with E-state index in [4.69, 9.17) is 9.47 Å². The van der Waals surface area contributed by atoms with Crippen molar-refractivity contribution in [1.82, 2.24) is 10.2 Å². The molecule has 2 aliphatic rings. The number of phenolic OH excluding ortho intramolecular Hbond substituents is 1. The maximum atomic E-state index is 13.0. The number of ether oxygens (including phenoxy) is 2. The van der Waals surface area contributed by atoms with Crippen LogP contribution in [0, 0.1) is 0 Å². The molecule has 51 heavy (non-hydrogen) atoms. The number of imide groups is 2. The molecule has 3 N–H and O–H groups in total. The van der Waals surface area contributed by atoms with Crippen LogP contribution in [0.3, 0.4) is 0 Å². The van der Waals surface area contributed by atoms with Crippen LogP contribution >= 0.6 is 0 Å². The third-order valence-corrected chi connectivity index (χ3v) is 9.01. The van der Waals surface area contributed by atoms with E-state index < -0.39 is 29.7 Å². The Morgan fingerprint density at radius 2 is 1.49 bits per heavy atom. The van der Waals surface area contributed by atoms with Gasteiger partial charge in [0.25, 0.3) is 11.8 Å². The first kappa shape index (κ1) is 35.1. The fraction of sp³-hybridized carbons (Fsp3) is 0.268.